The lowest BCUT2D eigenvalue weighted by molar-refractivity contribution is 0.341. The molecule has 0 aliphatic rings. The van der Waals surface area contributed by atoms with E-state index in [1.54, 1.807) is 6.07 Å². The molecule has 1 aromatic rings. The molecule has 0 heterocycles. The zero-order chi connectivity index (χ0) is 15.2. The van der Waals surface area contributed by atoms with Crippen LogP contribution >= 0.6 is 0 Å². The number of hydrogen-bond donors (Lipinski definition) is 1. The molecule has 0 bridgehead atoms. The van der Waals surface area contributed by atoms with E-state index >= 15 is 0 Å². The highest BCUT2D eigenvalue weighted by molar-refractivity contribution is 7.90. The predicted molar refractivity (Wildman–Crippen MR) is 84.7 cm³/mol. The van der Waals surface area contributed by atoms with Gasteiger partial charge in [-0.2, -0.15) is 0 Å². The summed E-state index contributed by atoms with van der Waals surface area (Å²) >= 11 is 0. The largest absolute Gasteiger partial charge is 0.310 e. The number of hydrogen-bond acceptors (Lipinski definition) is 3. The molecular weight excluding hydrogens is 270 g/mol. The lowest BCUT2D eigenvalue weighted by atomic mass is 9.89. The average molecular weight is 297 g/mol. The Morgan fingerprint density at radius 1 is 1.15 bits per heavy atom. The lowest BCUT2D eigenvalue weighted by Crippen LogP contribution is -2.28. The molecule has 0 aromatic heterocycles. The maximum Gasteiger partial charge on any atom is 0.175 e. The van der Waals surface area contributed by atoms with Crippen LogP contribution in [0.25, 0.3) is 0 Å². The third kappa shape index (κ3) is 4.60. The molecule has 1 unspecified atom stereocenters. The summed E-state index contributed by atoms with van der Waals surface area (Å²) in [6.45, 7) is 7.47. The van der Waals surface area contributed by atoms with Gasteiger partial charge in [-0.15, -0.1) is 0 Å². The molecule has 0 spiro atoms. The minimum absolute atomic E-state index is 0.228. The Morgan fingerprint density at radius 3 is 2.30 bits per heavy atom. The topological polar surface area (TPSA) is 46.2 Å². The minimum atomic E-state index is -3.15. The first-order chi connectivity index (χ1) is 9.43. The zero-order valence-corrected chi connectivity index (χ0v) is 13.8. The van der Waals surface area contributed by atoms with Crippen molar-refractivity contribution in [2.75, 3.05) is 12.8 Å². The highest BCUT2D eigenvalue weighted by Crippen LogP contribution is 2.28. The molecule has 114 valence electrons. The van der Waals surface area contributed by atoms with Crippen molar-refractivity contribution in [2.45, 2.75) is 51.0 Å². The normalized spacial score (nSPS) is 13.7. The average Bonchev–Trinajstić information content (AvgIpc) is 2.42. The first-order valence-electron chi connectivity index (χ1n) is 7.47. The second kappa shape index (κ2) is 7.79. The molecule has 0 saturated carbocycles. The fraction of sp³-hybridized carbons (Fsp3) is 0.625. The van der Waals surface area contributed by atoms with Crippen LogP contribution in [0.1, 0.15) is 51.6 Å². The Morgan fingerprint density at radius 2 is 1.80 bits per heavy atom. The Kier molecular flexibility index (Phi) is 6.69. The van der Waals surface area contributed by atoms with Crippen LogP contribution in [-0.2, 0) is 9.84 Å². The van der Waals surface area contributed by atoms with E-state index < -0.39 is 9.84 Å². The highest BCUT2D eigenvalue weighted by atomic mass is 32.2. The van der Waals surface area contributed by atoms with E-state index in [1.165, 1.54) is 6.26 Å². The van der Waals surface area contributed by atoms with Crippen molar-refractivity contribution in [3.63, 3.8) is 0 Å². The SMILES string of the molecule is CCCNC(c1cccc(S(C)(=O)=O)c1)C(CC)CC. The molecule has 0 aliphatic heterocycles. The predicted octanol–water partition coefficient (Wildman–Crippen LogP) is 3.57. The molecule has 1 rings (SSSR count). The standard InChI is InChI=1S/C16H27NO2S/c1-5-11-17-16(13(6-2)7-3)14-9-8-10-15(12-14)20(4,18)19/h8-10,12-13,16-17H,5-7,11H2,1-4H3. The molecule has 0 aliphatic carbocycles. The van der Waals surface area contributed by atoms with Crippen LogP contribution in [0.15, 0.2) is 29.2 Å². The summed E-state index contributed by atoms with van der Waals surface area (Å²) in [6, 6.07) is 7.59. The van der Waals surface area contributed by atoms with E-state index in [1.807, 2.05) is 18.2 Å². The van der Waals surface area contributed by atoms with Gasteiger partial charge in [0.05, 0.1) is 4.90 Å². The second-order valence-corrected chi connectivity index (χ2v) is 7.37. The molecule has 20 heavy (non-hydrogen) atoms. The summed E-state index contributed by atoms with van der Waals surface area (Å²) in [5, 5.41) is 3.57. The zero-order valence-electron chi connectivity index (χ0n) is 13.0. The van der Waals surface area contributed by atoms with Gasteiger partial charge in [0.15, 0.2) is 9.84 Å². The van der Waals surface area contributed by atoms with E-state index in [0.29, 0.717) is 10.8 Å². The van der Waals surface area contributed by atoms with Crippen LogP contribution in [0.4, 0.5) is 0 Å². The summed E-state index contributed by atoms with van der Waals surface area (Å²) < 4.78 is 23.4. The molecular formula is C16H27NO2S. The fourth-order valence-electron chi connectivity index (χ4n) is 2.56. The molecule has 0 amide bonds. The molecule has 4 heteroatoms. The van der Waals surface area contributed by atoms with Crippen LogP contribution in [0.2, 0.25) is 0 Å². The highest BCUT2D eigenvalue weighted by Gasteiger charge is 2.21. The van der Waals surface area contributed by atoms with Crippen molar-refractivity contribution in [1.29, 1.82) is 0 Å². The Labute approximate surface area is 123 Å². The third-order valence-corrected chi connectivity index (χ3v) is 4.89. The van der Waals surface area contributed by atoms with Crippen LogP contribution in [-0.4, -0.2) is 21.2 Å². The van der Waals surface area contributed by atoms with Gasteiger partial charge in [-0.25, -0.2) is 8.42 Å². The molecule has 0 radical (unpaired) electrons. The van der Waals surface area contributed by atoms with E-state index in [9.17, 15) is 8.42 Å². The molecule has 3 nitrogen and oxygen atoms in total. The van der Waals surface area contributed by atoms with Gasteiger partial charge in [0.2, 0.25) is 0 Å². The van der Waals surface area contributed by atoms with Crippen LogP contribution in [0.3, 0.4) is 0 Å². The van der Waals surface area contributed by atoms with E-state index in [-0.39, 0.29) is 6.04 Å². The number of nitrogens with one attached hydrogen (secondary N) is 1. The third-order valence-electron chi connectivity index (χ3n) is 3.78. The van der Waals surface area contributed by atoms with Gasteiger partial charge in [-0.1, -0.05) is 45.7 Å². The van der Waals surface area contributed by atoms with Gasteiger partial charge in [0.1, 0.15) is 0 Å². The van der Waals surface area contributed by atoms with Crippen molar-refractivity contribution < 1.29 is 8.42 Å². The van der Waals surface area contributed by atoms with Crippen molar-refractivity contribution in [1.82, 2.24) is 5.32 Å². The summed E-state index contributed by atoms with van der Waals surface area (Å²) in [5.74, 6) is 0.524. The maximum absolute atomic E-state index is 11.7. The number of sulfone groups is 1. The summed E-state index contributed by atoms with van der Waals surface area (Å²) in [4.78, 5) is 0.407. The minimum Gasteiger partial charge on any atom is -0.310 e. The van der Waals surface area contributed by atoms with E-state index in [4.69, 9.17) is 0 Å². The van der Waals surface area contributed by atoms with Crippen LogP contribution < -0.4 is 5.32 Å². The lowest BCUT2D eigenvalue weighted by Gasteiger charge is -2.27. The smallest absolute Gasteiger partial charge is 0.175 e. The van der Waals surface area contributed by atoms with Crippen molar-refractivity contribution in [3.8, 4) is 0 Å². The first kappa shape index (κ1) is 17.2. The van der Waals surface area contributed by atoms with Gasteiger partial charge < -0.3 is 5.32 Å². The van der Waals surface area contributed by atoms with Crippen molar-refractivity contribution >= 4 is 9.84 Å². The van der Waals surface area contributed by atoms with Gasteiger partial charge in [0, 0.05) is 12.3 Å². The first-order valence-corrected chi connectivity index (χ1v) is 9.36. The molecule has 1 atom stereocenters. The number of benzene rings is 1. The van der Waals surface area contributed by atoms with E-state index in [0.717, 1.165) is 31.4 Å². The van der Waals surface area contributed by atoms with Crippen molar-refractivity contribution in [3.05, 3.63) is 29.8 Å². The fourth-order valence-corrected chi connectivity index (χ4v) is 3.23. The second-order valence-electron chi connectivity index (χ2n) is 5.35. The van der Waals surface area contributed by atoms with Crippen molar-refractivity contribution in [2.24, 2.45) is 5.92 Å². The number of rotatable bonds is 8. The maximum atomic E-state index is 11.7. The molecule has 1 aromatic carbocycles. The Bertz CT molecular complexity index is 507. The Balaban J connectivity index is 3.13. The van der Waals surface area contributed by atoms with Gasteiger partial charge in [-0.3, -0.25) is 0 Å². The quantitative estimate of drug-likeness (QED) is 0.798. The monoisotopic (exact) mass is 297 g/mol. The molecule has 0 saturated heterocycles. The molecule has 1 N–H and O–H groups in total. The van der Waals surface area contributed by atoms with Crippen LogP contribution in [0.5, 0.6) is 0 Å². The van der Waals surface area contributed by atoms with Crippen LogP contribution in [0, 0.1) is 5.92 Å². The summed E-state index contributed by atoms with van der Waals surface area (Å²) in [6.07, 6.45) is 4.50. The Hall–Kier alpha value is -0.870. The molecule has 0 fully saturated rings. The van der Waals surface area contributed by atoms with Gasteiger partial charge in [-0.05, 0) is 36.6 Å². The summed E-state index contributed by atoms with van der Waals surface area (Å²) in [7, 11) is -3.15. The van der Waals surface area contributed by atoms with Gasteiger partial charge in [0.25, 0.3) is 0 Å². The summed E-state index contributed by atoms with van der Waals surface area (Å²) in [5.41, 5.74) is 1.08. The van der Waals surface area contributed by atoms with E-state index in [2.05, 4.69) is 26.1 Å². The van der Waals surface area contributed by atoms with Gasteiger partial charge >= 0.3 is 0 Å².